The molecule has 4 nitrogen and oxygen atoms in total. The van der Waals surface area contributed by atoms with Crippen LogP contribution in [0.25, 0.3) is 135 Å². The number of fused-ring (bicyclic) bond motifs is 11. The molecule has 71 heavy (non-hydrogen) atoms. The molecule has 4 aromatic heterocycles. The lowest BCUT2D eigenvalue weighted by molar-refractivity contribution is 1.10. The molecule has 4 heterocycles. The van der Waals surface area contributed by atoms with Gasteiger partial charge in [-0.15, -0.1) is 22.7 Å². The van der Waals surface area contributed by atoms with E-state index in [1.165, 1.54) is 20.2 Å². The van der Waals surface area contributed by atoms with Gasteiger partial charge in [-0.1, -0.05) is 170 Å². The second kappa shape index (κ2) is 15.8. The number of nitriles is 2. The van der Waals surface area contributed by atoms with Crippen LogP contribution >= 0.6 is 22.7 Å². The predicted octanol–water partition coefficient (Wildman–Crippen LogP) is 18.3. The number of hydrogen-bond acceptors (Lipinski definition) is 4. The third kappa shape index (κ3) is 5.87. The van der Waals surface area contributed by atoms with Gasteiger partial charge in [0.1, 0.15) is 12.1 Å². The topological polar surface area (TPSA) is 57.4 Å². The van der Waals surface area contributed by atoms with Gasteiger partial charge in [0.15, 0.2) is 0 Å². The zero-order chi connectivity index (χ0) is 47.5. The Balaban J connectivity index is 1.29. The van der Waals surface area contributed by atoms with Crippen molar-refractivity contribution in [2.75, 3.05) is 0 Å². The fraction of sp³-hybridized carbons (Fsp3) is 0.0154. The first-order chi connectivity index (χ1) is 35.0. The third-order valence-electron chi connectivity index (χ3n) is 14.6. The highest BCUT2D eigenvalue weighted by Crippen LogP contribution is 2.53. The van der Waals surface area contributed by atoms with Crippen molar-refractivity contribution in [1.29, 1.82) is 10.5 Å². The molecule has 330 valence electrons. The van der Waals surface area contributed by atoms with E-state index in [0.717, 1.165) is 103 Å². The highest BCUT2D eigenvalue weighted by atomic mass is 32.1. The Hall–Kier alpha value is -9.04. The average Bonchev–Trinajstić information content (AvgIpc) is 4.17. The summed E-state index contributed by atoms with van der Waals surface area (Å²) in [6.45, 7) is 6.70. The SMILES string of the molecule is C=Cc1c(-c2sc3ccccc3c2C)n(-c2c(C#N)c(-c3ccc4ccccc4c3)c(C#N)c(-n3c4ccccc4c4ccc5c6ccccc6sc5c43)c2-c2ccc3ccccc3c2)c2ccccc12. The van der Waals surface area contributed by atoms with Crippen molar-refractivity contribution in [3.05, 3.63) is 223 Å². The van der Waals surface area contributed by atoms with Gasteiger partial charge in [-0.05, 0) is 86.9 Å². The van der Waals surface area contributed by atoms with E-state index in [0.29, 0.717) is 28.1 Å². The van der Waals surface area contributed by atoms with Crippen LogP contribution in [0.2, 0.25) is 0 Å². The maximum atomic E-state index is 12.3. The van der Waals surface area contributed by atoms with Crippen molar-refractivity contribution < 1.29 is 0 Å². The quantitative estimate of drug-likeness (QED) is 0.167. The summed E-state index contributed by atoms with van der Waals surface area (Å²) in [5.74, 6) is 0. The van der Waals surface area contributed by atoms with Gasteiger partial charge >= 0.3 is 0 Å². The maximum absolute atomic E-state index is 12.3. The smallest absolute Gasteiger partial charge is 0.102 e. The van der Waals surface area contributed by atoms with E-state index in [-0.39, 0.29) is 0 Å². The predicted molar refractivity (Wildman–Crippen MR) is 301 cm³/mol. The molecule has 0 atom stereocenters. The fourth-order valence-electron chi connectivity index (χ4n) is 11.4. The normalized spacial score (nSPS) is 11.8. The van der Waals surface area contributed by atoms with Gasteiger partial charge in [-0.25, -0.2) is 0 Å². The summed E-state index contributed by atoms with van der Waals surface area (Å²) in [6, 6.07) is 74.1. The summed E-state index contributed by atoms with van der Waals surface area (Å²) in [6.07, 6.45) is 1.97. The lowest BCUT2D eigenvalue weighted by Crippen LogP contribution is -2.12. The number of aromatic nitrogens is 2. The number of para-hydroxylation sites is 2. The van der Waals surface area contributed by atoms with E-state index in [9.17, 15) is 10.5 Å². The van der Waals surface area contributed by atoms with Crippen molar-refractivity contribution in [1.82, 2.24) is 9.13 Å². The van der Waals surface area contributed by atoms with E-state index < -0.39 is 0 Å². The molecule has 0 N–H and O–H groups in total. The lowest BCUT2D eigenvalue weighted by atomic mass is 9.85. The number of nitrogens with zero attached hydrogens (tertiary/aromatic N) is 4. The molecule has 0 unspecified atom stereocenters. The average molecular weight is 939 g/mol. The van der Waals surface area contributed by atoms with Gasteiger partial charge < -0.3 is 9.13 Å². The van der Waals surface area contributed by atoms with Crippen LogP contribution in [0.5, 0.6) is 0 Å². The van der Waals surface area contributed by atoms with Crippen molar-refractivity contribution >= 4 is 113 Å². The molecule has 0 bridgehead atoms. The molecule has 0 radical (unpaired) electrons. The zero-order valence-corrected chi connectivity index (χ0v) is 40.0. The third-order valence-corrected chi connectivity index (χ3v) is 17.0. The second-order valence-electron chi connectivity index (χ2n) is 18.2. The minimum Gasteiger partial charge on any atom is -0.306 e. The molecular formula is C65H38N4S2. The summed E-state index contributed by atoms with van der Waals surface area (Å²) >= 11 is 3.54. The number of thiophene rings is 2. The lowest BCUT2D eigenvalue weighted by Gasteiger charge is -2.26. The molecule has 0 amide bonds. The molecule has 10 aromatic carbocycles. The van der Waals surface area contributed by atoms with E-state index in [2.05, 4.69) is 217 Å². The Labute approximate surface area is 416 Å². The van der Waals surface area contributed by atoms with Crippen LogP contribution in [0.3, 0.4) is 0 Å². The molecule has 0 spiro atoms. The molecule has 0 saturated heterocycles. The molecule has 0 aliphatic heterocycles. The van der Waals surface area contributed by atoms with Crippen LogP contribution in [0, 0.1) is 29.6 Å². The summed E-state index contributed by atoms with van der Waals surface area (Å²) < 4.78 is 8.21. The van der Waals surface area contributed by atoms with Gasteiger partial charge in [0.2, 0.25) is 0 Å². The van der Waals surface area contributed by atoms with Crippen LogP contribution in [0.1, 0.15) is 22.3 Å². The Bertz CT molecular complexity index is 4710. The Morgan fingerprint density at radius 1 is 0.465 bits per heavy atom. The van der Waals surface area contributed by atoms with E-state index >= 15 is 0 Å². The zero-order valence-electron chi connectivity index (χ0n) is 38.4. The molecule has 14 rings (SSSR count). The van der Waals surface area contributed by atoms with Crippen LogP contribution in [0.4, 0.5) is 0 Å². The van der Waals surface area contributed by atoms with E-state index in [1.807, 2.05) is 18.2 Å². The molecule has 0 fully saturated rings. The number of benzene rings is 10. The number of rotatable bonds is 6. The molecule has 0 aliphatic carbocycles. The highest BCUT2D eigenvalue weighted by molar-refractivity contribution is 7.26. The number of aryl methyl sites for hydroxylation is 1. The summed E-state index contributed by atoms with van der Waals surface area (Å²) in [7, 11) is 0. The van der Waals surface area contributed by atoms with Gasteiger partial charge in [0.05, 0.1) is 54.3 Å². The summed E-state index contributed by atoms with van der Waals surface area (Å²) in [4.78, 5) is 1.09. The Morgan fingerprint density at radius 3 is 1.61 bits per heavy atom. The standard InChI is InChI=1S/C65H38N4S2/c1-3-45-47-21-8-12-24-54(47)68(62(45)64-38(2)46-20-10-14-26-56(46)70-64)60-52(36-66)58(43-30-28-39-16-4-6-18-41(39)34-43)53(37-67)61(59(60)44-31-29-40-17-5-7-19-42(40)35-44)69-55-25-13-9-22-48(55)50-32-33-51-49-23-11-15-27-57(49)71-65(51)63(50)69/h3-35H,1H2,2H3. The van der Waals surface area contributed by atoms with Crippen molar-refractivity contribution in [3.8, 4) is 56.3 Å². The van der Waals surface area contributed by atoms with Crippen molar-refractivity contribution in [2.24, 2.45) is 0 Å². The minimum absolute atomic E-state index is 0.410. The minimum atomic E-state index is 0.410. The largest absolute Gasteiger partial charge is 0.306 e. The first-order valence-corrected chi connectivity index (χ1v) is 25.3. The molecule has 14 aromatic rings. The summed E-state index contributed by atoms with van der Waals surface area (Å²) in [5, 5.41) is 35.5. The van der Waals surface area contributed by atoms with Crippen LogP contribution in [-0.2, 0) is 0 Å². The van der Waals surface area contributed by atoms with Gasteiger partial charge in [-0.3, -0.25) is 0 Å². The summed E-state index contributed by atoms with van der Waals surface area (Å²) in [5.41, 5.74) is 11.3. The van der Waals surface area contributed by atoms with E-state index in [1.54, 1.807) is 22.7 Å². The van der Waals surface area contributed by atoms with E-state index in [4.69, 9.17) is 0 Å². The van der Waals surface area contributed by atoms with Gasteiger partial charge in [0, 0.05) is 53.0 Å². The van der Waals surface area contributed by atoms with Gasteiger partial charge in [0.25, 0.3) is 0 Å². The molecule has 6 heteroatoms. The monoisotopic (exact) mass is 938 g/mol. The first-order valence-electron chi connectivity index (χ1n) is 23.7. The second-order valence-corrected chi connectivity index (χ2v) is 20.3. The Kier molecular flexibility index (Phi) is 9.09. The van der Waals surface area contributed by atoms with Crippen molar-refractivity contribution in [3.63, 3.8) is 0 Å². The Morgan fingerprint density at radius 2 is 0.972 bits per heavy atom. The molecular weight excluding hydrogens is 901 g/mol. The maximum Gasteiger partial charge on any atom is 0.102 e. The van der Waals surface area contributed by atoms with Gasteiger partial charge in [-0.2, -0.15) is 10.5 Å². The van der Waals surface area contributed by atoms with Crippen molar-refractivity contribution in [2.45, 2.75) is 6.92 Å². The fourth-order valence-corrected chi connectivity index (χ4v) is 13.9. The van der Waals surface area contributed by atoms with Crippen LogP contribution in [-0.4, -0.2) is 9.13 Å². The molecule has 0 saturated carbocycles. The van der Waals surface area contributed by atoms with Crippen LogP contribution < -0.4 is 0 Å². The molecule has 0 aliphatic rings. The van der Waals surface area contributed by atoms with Crippen LogP contribution in [0.15, 0.2) is 201 Å². The first kappa shape index (κ1) is 41.0. The highest BCUT2D eigenvalue weighted by Gasteiger charge is 2.34. The number of hydrogen-bond donors (Lipinski definition) is 0.